The van der Waals surface area contributed by atoms with E-state index in [0.29, 0.717) is 0 Å². The van der Waals surface area contributed by atoms with Crippen LogP contribution in [0.2, 0.25) is 0 Å². The van der Waals surface area contributed by atoms with Gasteiger partial charge in [0.1, 0.15) is 0 Å². The Bertz CT molecular complexity index is 224. The molecule has 0 radical (unpaired) electrons. The molecule has 1 saturated heterocycles. The van der Waals surface area contributed by atoms with Crippen LogP contribution in [0.3, 0.4) is 0 Å². The smallest absolute Gasteiger partial charge is 0.00385 e. The van der Waals surface area contributed by atoms with Crippen LogP contribution in [0.5, 0.6) is 0 Å². The van der Waals surface area contributed by atoms with Crippen molar-refractivity contribution in [1.82, 2.24) is 4.90 Å². The molecule has 1 atom stereocenters. The Labute approximate surface area is 102 Å². The van der Waals surface area contributed by atoms with Crippen molar-refractivity contribution in [3.05, 3.63) is 0 Å². The molecule has 0 N–H and O–H groups in total. The van der Waals surface area contributed by atoms with Crippen molar-refractivity contribution in [2.24, 2.45) is 17.3 Å². The lowest BCUT2D eigenvalue weighted by Gasteiger charge is -2.55. The fourth-order valence-electron chi connectivity index (χ4n) is 3.84. The highest BCUT2D eigenvalue weighted by Crippen LogP contribution is 2.55. The van der Waals surface area contributed by atoms with Crippen molar-refractivity contribution in [1.29, 1.82) is 0 Å². The van der Waals surface area contributed by atoms with E-state index < -0.39 is 0 Å². The zero-order chi connectivity index (χ0) is 11.8. The van der Waals surface area contributed by atoms with E-state index in [1.54, 1.807) is 0 Å². The number of piperidine rings is 1. The van der Waals surface area contributed by atoms with Crippen LogP contribution in [-0.4, -0.2) is 24.0 Å². The number of nitrogens with zero attached hydrogens (tertiary/aromatic N) is 1. The first-order chi connectivity index (χ1) is 7.53. The highest BCUT2D eigenvalue weighted by molar-refractivity contribution is 4.99. The van der Waals surface area contributed by atoms with Crippen LogP contribution in [0.4, 0.5) is 0 Å². The lowest BCUT2D eigenvalue weighted by Crippen LogP contribution is -2.50. The van der Waals surface area contributed by atoms with Gasteiger partial charge in [-0.25, -0.2) is 0 Å². The predicted octanol–water partition coefficient (Wildman–Crippen LogP) is 3.93. The van der Waals surface area contributed by atoms with Gasteiger partial charge in [0.15, 0.2) is 0 Å². The second-order valence-corrected chi connectivity index (χ2v) is 6.86. The molecule has 1 unspecified atom stereocenters. The lowest BCUT2D eigenvalue weighted by atomic mass is 9.54. The Hall–Kier alpha value is -0.0400. The summed E-state index contributed by atoms with van der Waals surface area (Å²) in [4.78, 5) is 2.66. The number of hydrogen-bond acceptors (Lipinski definition) is 1. The maximum absolute atomic E-state index is 2.66. The van der Waals surface area contributed by atoms with E-state index in [2.05, 4.69) is 32.6 Å². The zero-order valence-corrected chi connectivity index (χ0v) is 11.6. The Morgan fingerprint density at radius 2 is 1.69 bits per heavy atom. The molecule has 1 spiro atoms. The van der Waals surface area contributed by atoms with Crippen molar-refractivity contribution in [2.45, 2.75) is 65.8 Å². The molecule has 1 aliphatic heterocycles. The highest BCUT2D eigenvalue weighted by Gasteiger charge is 2.47. The lowest BCUT2D eigenvalue weighted by molar-refractivity contribution is -0.0491. The molecule has 16 heavy (non-hydrogen) atoms. The quantitative estimate of drug-likeness (QED) is 0.700. The molecule has 94 valence electrons. The van der Waals surface area contributed by atoms with Crippen LogP contribution < -0.4 is 0 Å². The van der Waals surface area contributed by atoms with E-state index in [4.69, 9.17) is 0 Å². The van der Waals surface area contributed by atoms with E-state index in [1.165, 1.54) is 45.2 Å². The van der Waals surface area contributed by atoms with Crippen molar-refractivity contribution < 1.29 is 0 Å². The monoisotopic (exact) mass is 223 g/mol. The van der Waals surface area contributed by atoms with Gasteiger partial charge < -0.3 is 4.90 Å². The standard InChI is InChI=1S/C15H29N/c1-12(2)11-14-5-6-15(14)7-9-16(10-8-15)13(3)4/h12-14H,5-11H2,1-4H3. The topological polar surface area (TPSA) is 3.24 Å². The molecule has 0 aromatic rings. The second-order valence-electron chi connectivity index (χ2n) is 6.86. The van der Waals surface area contributed by atoms with Gasteiger partial charge in [0.2, 0.25) is 0 Å². The second kappa shape index (κ2) is 4.68. The van der Waals surface area contributed by atoms with Gasteiger partial charge in [-0.1, -0.05) is 13.8 Å². The van der Waals surface area contributed by atoms with Gasteiger partial charge in [-0.05, 0) is 76.3 Å². The Kier molecular flexibility index (Phi) is 3.63. The largest absolute Gasteiger partial charge is 0.301 e. The average molecular weight is 223 g/mol. The maximum Gasteiger partial charge on any atom is 0.00385 e. The van der Waals surface area contributed by atoms with Crippen molar-refractivity contribution in [3.63, 3.8) is 0 Å². The van der Waals surface area contributed by atoms with E-state index >= 15 is 0 Å². The number of rotatable bonds is 3. The van der Waals surface area contributed by atoms with Crippen LogP contribution in [-0.2, 0) is 0 Å². The minimum Gasteiger partial charge on any atom is -0.301 e. The normalized spacial score (nSPS) is 30.0. The first-order valence-corrected chi connectivity index (χ1v) is 7.27. The summed E-state index contributed by atoms with van der Waals surface area (Å²) < 4.78 is 0. The van der Waals surface area contributed by atoms with Gasteiger partial charge in [0.05, 0.1) is 0 Å². The summed E-state index contributed by atoms with van der Waals surface area (Å²) in [5.41, 5.74) is 0.773. The summed E-state index contributed by atoms with van der Waals surface area (Å²) in [5.74, 6) is 1.95. The number of hydrogen-bond donors (Lipinski definition) is 0. The van der Waals surface area contributed by atoms with Gasteiger partial charge in [0, 0.05) is 6.04 Å². The molecule has 1 heterocycles. The molecule has 2 aliphatic rings. The summed E-state index contributed by atoms with van der Waals surface area (Å²) in [5, 5.41) is 0. The summed E-state index contributed by atoms with van der Waals surface area (Å²) in [6.45, 7) is 12.2. The van der Waals surface area contributed by atoms with E-state index in [9.17, 15) is 0 Å². The van der Waals surface area contributed by atoms with Crippen molar-refractivity contribution in [2.75, 3.05) is 13.1 Å². The molecule has 1 aliphatic carbocycles. The first-order valence-electron chi connectivity index (χ1n) is 7.27. The van der Waals surface area contributed by atoms with E-state index in [-0.39, 0.29) is 0 Å². The van der Waals surface area contributed by atoms with Crippen LogP contribution in [0.25, 0.3) is 0 Å². The molecule has 0 aromatic heterocycles. The third-order valence-electron chi connectivity index (χ3n) is 5.14. The molecule has 1 heteroatoms. The van der Waals surface area contributed by atoms with Gasteiger partial charge in [0.25, 0.3) is 0 Å². The Balaban J connectivity index is 1.87. The van der Waals surface area contributed by atoms with Crippen LogP contribution in [0.15, 0.2) is 0 Å². The molecular formula is C15H29N. The minimum absolute atomic E-state index is 0.751. The third-order valence-corrected chi connectivity index (χ3v) is 5.14. The Morgan fingerprint density at radius 1 is 1.06 bits per heavy atom. The summed E-state index contributed by atoms with van der Waals surface area (Å²) in [6.07, 6.45) is 7.46. The third kappa shape index (κ3) is 2.30. The van der Waals surface area contributed by atoms with E-state index in [0.717, 1.165) is 23.3 Å². The van der Waals surface area contributed by atoms with E-state index in [1.807, 2.05) is 0 Å². The maximum atomic E-state index is 2.66. The van der Waals surface area contributed by atoms with Crippen molar-refractivity contribution >= 4 is 0 Å². The SMILES string of the molecule is CC(C)CC1CCC12CCN(C(C)C)CC2. The van der Waals surface area contributed by atoms with Crippen LogP contribution in [0, 0.1) is 17.3 Å². The van der Waals surface area contributed by atoms with Crippen LogP contribution >= 0.6 is 0 Å². The highest BCUT2D eigenvalue weighted by atomic mass is 15.2. The summed E-state index contributed by atoms with van der Waals surface area (Å²) in [6, 6.07) is 0.751. The van der Waals surface area contributed by atoms with Crippen LogP contribution in [0.1, 0.15) is 59.8 Å². The summed E-state index contributed by atoms with van der Waals surface area (Å²) >= 11 is 0. The van der Waals surface area contributed by atoms with Gasteiger partial charge in [-0.15, -0.1) is 0 Å². The average Bonchev–Trinajstić information content (AvgIpc) is 2.24. The molecule has 2 fully saturated rings. The first kappa shape index (κ1) is 12.4. The molecule has 2 rings (SSSR count). The molecule has 0 amide bonds. The molecule has 0 bridgehead atoms. The minimum atomic E-state index is 0.751. The molecule has 1 saturated carbocycles. The van der Waals surface area contributed by atoms with Crippen molar-refractivity contribution in [3.8, 4) is 0 Å². The summed E-state index contributed by atoms with van der Waals surface area (Å²) in [7, 11) is 0. The van der Waals surface area contributed by atoms with Gasteiger partial charge in [-0.2, -0.15) is 0 Å². The number of likely N-dealkylation sites (tertiary alicyclic amines) is 1. The zero-order valence-electron chi connectivity index (χ0n) is 11.6. The fraction of sp³-hybridized carbons (Fsp3) is 1.00. The molecule has 1 nitrogen and oxygen atoms in total. The predicted molar refractivity (Wildman–Crippen MR) is 70.6 cm³/mol. The van der Waals surface area contributed by atoms with Gasteiger partial charge in [-0.3, -0.25) is 0 Å². The molecular weight excluding hydrogens is 194 g/mol. The fourth-order valence-corrected chi connectivity index (χ4v) is 3.84. The Morgan fingerprint density at radius 3 is 2.06 bits per heavy atom. The molecule has 0 aromatic carbocycles. The van der Waals surface area contributed by atoms with Gasteiger partial charge >= 0.3 is 0 Å².